The van der Waals surface area contributed by atoms with E-state index < -0.39 is 17.9 Å². The lowest BCUT2D eigenvalue weighted by molar-refractivity contribution is -0.141. The van der Waals surface area contributed by atoms with Crippen LogP contribution >= 0.6 is 0 Å². The maximum absolute atomic E-state index is 12.5. The number of aliphatic carboxylic acids is 1. The van der Waals surface area contributed by atoms with E-state index in [0.717, 1.165) is 18.4 Å². The van der Waals surface area contributed by atoms with Crippen LogP contribution in [0, 0.1) is 0 Å². The van der Waals surface area contributed by atoms with Crippen molar-refractivity contribution in [1.82, 2.24) is 10.1 Å². The van der Waals surface area contributed by atoms with Gasteiger partial charge in [0.15, 0.2) is 5.69 Å². The van der Waals surface area contributed by atoms with E-state index >= 15 is 0 Å². The summed E-state index contributed by atoms with van der Waals surface area (Å²) < 4.78 is 5.17. The van der Waals surface area contributed by atoms with Crippen LogP contribution in [0.4, 0.5) is 0 Å². The van der Waals surface area contributed by atoms with Crippen molar-refractivity contribution >= 4 is 11.9 Å². The van der Waals surface area contributed by atoms with E-state index in [0.29, 0.717) is 11.7 Å². The molecule has 1 aromatic carbocycles. The number of carboxylic acids is 1. The van der Waals surface area contributed by atoms with Gasteiger partial charge in [-0.05, 0) is 18.4 Å². The quantitative estimate of drug-likeness (QED) is 0.884. The molecule has 1 saturated carbocycles. The number of carbonyl (C=O) groups excluding carboxylic acids is 1. The molecule has 1 aromatic heterocycles. The normalized spacial score (nSPS) is 15.2. The van der Waals surface area contributed by atoms with Gasteiger partial charge in [0.2, 0.25) is 0 Å². The summed E-state index contributed by atoms with van der Waals surface area (Å²) in [6.45, 7) is 0. The van der Waals surface area contributed by atoms with Crippen LogP contribution in [0.25, 0.3) is 0 Å². The van der Waals surface area contributed by atoms with Crippen molar-refractivity contribution in [3.63, 3.8) is 0 Å². The van der Waals surface area contributed by atoms with Crippen LogP contribution in [-0.4, -0.2) is 40.1 Å². The molecule has 1 atom stereocenters. The van der Waals surface area contributed by atoms with Gasteiger partial charge in [-0.2, -0.15) is 0 Å². The molecule has 0 spiro atoms. The predicted octanol–water partition coefficient (Wildman–Crippen LogP) is 2.32. The molecule has 2 aromatic rings. The molecule has 23 heavy (non-hydrogen) atoms. The fraction of sp³-hybridized carbons (Fsp3) is 0.353. The number of hydrogen-bond donors (Lipinski definition) is 1. The highest BCUT2D eigenvalue weighted by molar-refractivity contribution is 5.94. The molecular weight excluding hydrogens is 296 g/mol. The number of amides is 1. The fourth-order valence-corrected chi connectivity index (χ4v) is 2.50. The Kier molecular flexibility index (Phi) is 4.14. The maximum atomic E-state index is 12.5. The van der Waals surface area contributed by atoms with Gasteiger partial charge in [-0.3, -0.25) is 4.79 Å². The lowest BCUT2D eigenvalue weighted by atomic mass is 10.0. The second-order valence-electron chi connectivity index (χ2n) is 5.85. The smallest absolute Gasteiger partial charge is 0.326 e. The van der Waals surface area contributed by atoms with E-state index in [1.165, 1.54) is 11.9 Å². The third-order valence-corrected chi connectivity index (χ3v) is 4.07. The molecule has 1 unspecified atom stereocenters. The van der Waals surface area contributed by atoms with Gasteiger partial charge in [0, 0.05) is 25.5 Å². The predicted molar refractivity (Wildman–Crippen MR) is 82.1 cm³/mol. The summed E-state index contributed by atoms with van der Waals surface area (Å²) in [6, 6.07) is 9.91. The Morgan fingerprint density at radius 3 is 2.65 bits per heavy atom. The van der Waals surface area contributed by atoms with Gasteiger partial charge >= 0.3 is 5.97 Å². The van der Waals surface area contributed by atoms with Crippen molar-refractivity contribution in [1.29, 1.82) is 0 Å². The molecule has 1 fully saturated rings. The Morgan fingerprint density at radius 2 is 2.04 bits per heavy atom. The first kappa shape index (κ1) is 15.3. The van der Waals surface area contributed by atoms with E-state index in [9.17, 15) is 14.7 Å². The summed E-state index contributed by atoms with van der Waals surface area (Å²) in [5.41, 5.74) is 1.02. The number of likely N-dealkylation sites (N-methyl/N-ethyl adjacent to an activating group) is 1. The first-order valence-electron chi connectivity index (χ1n) is 7.56. The largest absolute Gasteiger partial charge is 0.480 e. The third-order valence-electron chi connectivity index (χ3n) is 4.07. The van der Waals surface area contributed by atoms with E-state index in [1.807, 2.05) is 30.3 Å². The minimum atomic E-state index is -1.05. The van der Waals surface area contributed by atoms with Gasteiger partial charge < -0.3 is 14.5 Å². The summed E-state index contributed by atoms with van der Waals surface area (Å²) in [4.78, 5) is 25.3. The second kappa shape index (κ2) is 6.24. The van der Waals surface area contributed by atoms with Crippen LogP contribution in [0.15, 0.2) is 40.9 Å². The van der Waals surface area contributed by atoms with Crippen molar-refractivity contribution in [2.45, 2.75) is 31.2 Å². The van der Waals surface area contributed by atoms with Gasteiger partial charge in [0.25, 0.3) is 5.91 Å². The van der Waals surface area contributed by atoms with Crippen LogP contribution in [0.1, 0.15) is 40.6 Å². The zero-order chi connectivity index (χ0) is 16.4. The highest BCUT2D eigenvalue weighted by Crippen LogP contribution is 2.40. The molecule has 6 nitrogen and oxygen atoms in total. The second-order valence-corrected chi connectivity index (χ2v) is 5.85. The van der Waals surface area contributed by atoms with E-state index in [-0.39, 0.29) is 12.1 Å². The van der Waals surface area contributed by atoms with Gasteiger partial charge in [-0.15, -0.1) is 0 Å². The monoisotopic (exact) mass is 314 g/mol. The maximum Gasteiger partial charge on any atom is 0.326 e. The molecule has 120 valence electrons. The average molecular weight is 314 g/mol. The van der Waals surface area contributed by atoms with E-state index in [2.05, 4.69) is 5.16 Å². The molecule has 0 radical (unpaired) electrons. The number of aromatic nitrogens is 1. The molecule has 0 bridgehead atoms. The van der Waals surface area contributed by atoms with Gasteiger partial charge in [-0.1, -0.05) is 35.5 Å². The zero-order valence-corrected chi connectivity index (χ0v) is 12.8. The van der Waals surface area contributed by atoms with Crippen molar-refractivity contribution in [2.24, 2.45) is 0 Å². The minimum Gasteiger partial charge on any atom is -0.480 e. The minimum absolute atomic E-state index is 0.161. The van der Waals surface area contributed by atoms with Crippen molar-refractivity contribution in [3.05, 3.63) is 53.4 Å². The topological polar surface area (TPSA) is 83.6 Å². The zero-order valence-electron chi connectivity index (χ0n) is 12.8. The number of nitrogens with zero attached hydrogens (tertiary/aromatic N) is 2. The summed E-state index contributed by atoms with van der Waals surface area (Å²) in [5, 5.41) is 13.3. The average Bonchev–Trinajstić information content (AvgIpc) is 3.29. The molecule has 3 rings (SSSR count). The first-order valence-corrected chi connectivity index (χ1v) is 7.56. The first-order chi connectivity index (χ1) is 11.1. The van der Waals surface area contributed by atoms with Gasteiger partial charge in [-0.25, -0.2) is 4.79 Å². The standard InChI is InChI=1S/C17H18N2O4/c1-19(14(17(21)22)9-11-5-3-2-4-6-11)16(20)13-10-15(23-18-13)12-7-8-12/h2-6,10,12,14H,7-9H2,1H3,(H,21,22). The molecular formula is C17H18N2O4. The Hall–Kier alpha value is -2.63. The van der Waals surface area contributed by atoms with Gasteiger partial charge in [0.05, 0.1) is 0 Å². The molecule has 1 aliphatic carbocycles. The fourth-order valence-electron chi connectivity index (χ4n) is 2.50. The molecule has 1 aliphatic rings. The molecule has 1 N–H and O–H groups in total. The number of carbonyl (C=O) groups is 2. The summed E-state index contributed by atoms with van der Waals surface area (Å²) in [5.74, 6) is -0.426. The van der Waals surface area contributed by atoms with Gasteiger partial charge in [0.1, 0.15) is 11.8 Å². The Labute approximate surface area is 133 Å². The Morgan fingerprint density at radius 1 is 1.35 bits per heavy atom. The van der Waals surface area contributed by atoms with Crippen molar-refractivity contribution < 1.29 is 19.2 Å². The SMILES string of the molecule is CN(C(=O)c1cc(C2CC2)on1)C(Cc1ccccc1)C(=O)O. The molecule has 0 aliphatic heterocycles. The van der Waals surface area contributed by atoms with Crippen LogP contribution in [0.3, 0.4) is 0 Å². The number of benzene rings is 1. The van der Waals surface area contributed by atoms with Crippen molar-refractivity contribution in [3.8, 4) is 0 Å². The molecule has 6 heteroatoms. The van der Waals surface area contributed by atoms with E-state index in [4.69, 9.17) is 4.52 Å². The van der Waals surface area contributed by atoms with Crippen LogP contribution in [-0.2, 0) is 11.2 Å². The van der Waals surface area contributed by atoms with Crippen molar-refractivity contribution in [2.75, 3.05) is 7.05 Å². The van der Waals surface area contributed by atoms with Crippen LogP contribution < -0.4 is 0 Å². The Balaban J connectivity index is 1.75. The van der Waals surface area contributed by atoms with Crippen LogP contribution in [0.5, 0.6) is 0 Å². The molecule has 1 amide bonds. The Bertz CT molecular complexity index is 706. The molecule has 0 saturated heterocycles. The summed E-state index contributed by atoms with van der Waals surface area (Å²) in [7, 11) is 1.48. The van der Waals surface area contributed by atoms with E-state index in [1.54, 1.807) is 6.07 Å². The highest BCUT2D eigenvalue weighted by Gasteiger charge is 2.32. The number of hydrogen-bond acceptors (Lipinski definition) is 4. The lowest BCUT2D eigenvalue weighted by Gasteiger charge is -2.24. The summed E-state index contributed by atoms with van der Waals surface area (Å²) >= 11 is 0. The summed E-state index contributed by atoms with van der Waals surface area (Å²) in [6.07, 6.45) is 2.33. The number of carboxylic acid groups (broad SMARTS) is 1. The van der Waals surface area contributed by atoms with Crippen LogP contribution in [0.2, 0.25) is 0 Å². The lowest BCUT2D eigenvalue weighted by Crippen LogP contribution is -2.44. The third kappa shape index (κ3) is 3.41. The molecule has 1 heterocycles. The highest BCUT2D eigenvalue weighted by atomic mass is 16.5. The number of rotatable bonds is 6.